The Bertz CT molecular complexity index is 317. The van der Waals surface area contributed by atoms with Crippen LogP contribution in [0, 0.1) is 5.92 Å². The first-order valence-electron chi connectivity index (χ1n) is 6.22. The fourth-order valence-corrected chi connectivity index (χ4v) is 4.15. The monoisotopic (exact) mass is 235 g/mol. The Labute approximate surface area is 103 Å². The van der Waals surface area contributed by atoms with Crippen molar-refractivity contribution in [2.24, 2.45) is 11.7 Å². The van der Waals surface area contributed by atoms with Crippen LogP contribution >= 0.6 is 11.8 Å². The van der Waals surface area contributed by atoms with Crippen LogP contribution in [0.1, 0.15) is 32.6 Å². The average Bonchev–Trinajstić information content (AvgIpc) is 2.27. The van der Waals surface area contributed by atoms with Gasteiger partial charge in [0.05, 0.1) is 0 Å². The topological polar surface area (TPSA) is 26.0 Å². The molecule has 0 radical (unpaired) electrons. The number of hydrogen-bond donors (Lipinski definition) is 1. The number of rotatable bonds is 5. The molecule has 1 aromatic carbocycles. The van der Waals surface area contributed by atoms with Gasteiger partial charge in [0.25, 0.3) is 0 Å². The summed E-state index contributed by atoms with van der Waals surface area (Å²) < 4.78 is 0.335. The molecule has 0 atom stereocenters. The second-order valence-corrected chi connectivity index (χ2v) is 6.41. The second kappa shape index (κ2) is 5.24. The van der Waals surface area contributed by atoms with E-state index in [2.05, 4.69) is 37.3 Å². The molecule has 1 fully saturated rings. The first kappa shape index (κ1) is 12.0. The largest absolute Gasteiger partial charge is 0.329 e. The van der Waals surface area contributed by atoms with E-state index < -0.39 is 0 Å². The smallest absolute Gasteiger partial charge is 0.0334 e. The van der Waals surface area contributed by atoms with Gasteiger partial charge in [0.15, 0.2) is 0 Å². The lowest BCUT2D eigenvalue weighted by Crippen LogP contribution is -2.46. The molecule has 16 heavy (non-hydrogen) atoms. The van der Waals surface area contributed by atoms with Gasteiger partial charge in [-0.05, 0) is 30.9 Å². The Morgan fingerprint density at radius 2 is 2.00 bits per heavy atom. The maximum Gasteiger partial charge on any atom is 0.0334 e. The second-order valence-electron chi connectivity index (χ2n) is 4.87. The minimum Gasteiger partial charge on any atom is -0.329 e. The predicted octanol–water partition coefficient (Wildman–Crippen LogP) is 3.69. The van der Waals surface area contributed by atoms with Crippen molar-refractivity contribution in [2.75, 3.05) is 6.54 Å². The highest BCUT2D eigenvalue weighted by Gasteiger charge is 2.43. The summed E-state index contributed by atoms with van der Waals surface area (Å²) in [5.74, 6) is 0.921. The molecule has 2 rings (SSSR count). The zero-order valence-electron chi connectivity index (χ0n) is 9.99. The fourth-order valence-electron chi connectivity index (χ4n) is 2.63. The first-order chi connectivity index (χ1) is 7.78. The van der Waals surface area contributed by atoms with E-state index in [1.54, 1.807) is 0 Å². The van der Waals surface area contributed by atoms with Gasteiger partial charge in [-0.3, -0.25) is 0 Å². The van der Waals surface area contributed by atoms with Gasteiger partial charge < -0.3 is 5.73 Å². The van der Waals surface area contributed by atoms with Crippen LogP contribution in [0.15, 0.2) is 35.2 Å². The highest BCUT2D eigenvalue weighted by atomic mass is 32.2. The summed E-state index contributed by atoms with van der Waals surface area (Å²) >= 11 is 1.98. The van der Waals surface area contributed by atoms with E-state index in [0.717, 1.165) is 12.5 Å². The van der Waals surface area contributed by atoms with Crippen LogP contribution < -0.4 is 5.73 Å². The Morgan fingerprint density at radius 3 is 2.56 bits per heavy atom. The molecule has 1 aromatic rings. The van der Waals surface area contributed by atoms with E-state index in [-0.39, 0.29) is 0 Å². The number of hydrogen-bond acceptors (Lipinski definition) is 2. The summed E-state index contributed by atoms with van der Waals surface area (Å²) in [5, 5.41) is 0. The van der Waals surface area contributed by atoms with Crippen LogP contribution in [-0.2, 0) is 0 Å². The molecule has 0 bridgehead atoms. The SMILES string of the molecule is CCCC1CC(CN)(Sc2ccccc2)C1. The van der Waals surface area contributed by atoms with Gasteiger partial charge in [-0.15, -0.1) is 11.8 Å². The molecule has 0 unspecified atom stereocenters. The molecular weight excluding hydrogens is 214 g/mol. The maximum absolute atomic E-state index is 5.95. The van der Waals surface area contributed by atoms with E-state index >= 15 is 0 Å². The number of nitrogens with two attached hydrogens (primary N) is 1. The van der Waals surface area contributed by atoms with Gasteiger partial charge in [0.1, 0.15) is 0 Å². The molecule has 1 aliphatic rings. The van der Waals surface area contributed by atoms with Crippen LogP contribution in [0.2, 0.25) is 0 Å². The van der Waals surface area contributed by atoms with E-state index in [9.17, 15) is 0 Å². The lowest BCUT2D eigenvalue weighted by atomic mass is 9.72. The van der Waals surface area contributed by atoms with Crippen LogP contribution in [0.5, 0.6) is 0 Å². The van der Waals surface area contributed by atoms with Crippen molar-refractivity contribution in [3.8, 4) is 0 Å². The van der Waals surface area contributed by atoms with Gasteiger partial charge in [-0.2, -0.15) is 0 Å². The van der Waals surface area contributed by atoms with Crippen molar-refractivity contribution in [1.29, 1.82) is 0 Å². The quantitative estimate of drug-likeness (QED) is 0.842. The molecular formula is C14H21NS. The number of benzene rings is 1. The van der Waals surface area contributed by atoms with Gasteiger partial charge in [-0.25, -0.2) is 0 Å². The van der Waals surface area contributed by atoms with Crippen molar-refractivity contribution in [3.05, 3.63) is 30.3 Å². The lowest BCUT2D eigenvalue weighted by molar-refractivity contribution is 0.220. The van der Waals surface area contributed by atoms with Crippen molar-refractivity contribution >= 4 is 11.8 Å². The lowest BCUT2D eigenvalue weighted by Gasteiger charge is -2.46. The Morgan fingerprint density at radius 1 is 1.31 bits per heavy atom. The molecule has 0 aromatic heterocycles. The number of thioether (sulfide) groups is 1. The van der Waals surface area contributed by atoms with E-state index in [0.29, 0.717) is 4.75 Å². The van der Waals surface area contributed by atoms with Crippen LogP contribution in [0.3, 0.4) is 0 Å². The third-order valence-corrected chi connectivity index (χ3v) is 4.91. The van der Waals surface area contributed by atoms with Crippen LogP contribution in [0.25, 0.3) is 0 Å². The molecule has 2 N–H and O–H groups in total. The molecule has 1 aliphatic carbocycles. The van der Waals surface area contributed by atoms with Crippen molar-refractivity contribution in [3.63, 3.8) is 0 Å². The standard InChI is InChI=1S/C14H21NS/c1-2-6-12-9-14(10-12,11-15)16-13-7-4-3-5-8-13/h3-5,7-8,12H,2,6,9-11,15H2,1H3. The van der Waals surface area contributed by atoms with E-state index in [4.69, 9.17) is 5.73 Å². The molecule has 0 saturated heterocycles. The normalized spacial score (nSPS) is 28.8. The highest BCUT2D eigenvalue weighted by molar-refractivity contribution is 8.00. The molecule has 0 spiro atoms. The summed E-state index contributed by atoms with van der Waals surface area (Å²) in [7, 11) is 0. The van der Waals surface area contributed by atoms with Gasteiger partial charge in [-0.1, -0.05) is 38.0 Å². The van der Waals surface area contributed by atoms with Crippen molar-refractivity contribution in [1.82, 2.24) is 0 Å². The van der Waals surface area contributed by atoms with Gasteiger partial charge in [0, 0.05) is 16.2 Å². The van der Waals surface area contributed by atoms with Gasteiger partial charge >= 0.3 is 0 Å². The summed E-state index contributed by atoms with van der Waals surface area (Å²) in [6, 6.07) is 10.7. The van der Waals surface area contributed by atoms with Crippen molar-refractivity contribution in [2.45, 2.75) is 42.2 Å². The summed E-state index contributed by atoms with van der Waals surface area (Å²) in [5.41, 5.74) is 5.95. The minimum atomic E-state index is 0.335. The predicted molar refractivity (Wildman–Crippen MR) is 71.7 cm³/mol. The average molecular weight is 235 g/mol. The van der Waals surface area contributed by atoms with Crippen LogP contribution in [0.4, 0.5) is 0 Å². The fraction of sp³-hybridized carbons (Fsp3) is 0.571. The summed E-state index contributed by atoms with van der Waals surface area (Å²) in [4.78, 5) is 1.36. The molecule has 0 amide bonds. The van der Waals surface area contributed by atoms with Crippen LogP contribution in [-0.4, -0.2) is 11.3 Å². The van der Waals surface area contributed by atoms with Crippen molar-refractivity contribution < 1.29 is 0 Å². The van der Waals surface area contributed by atoms with E-state index in [1.165, 1.54) is 30.6 Å². The third kappa shape index (κ3) is 2.61. The summed E-state index contributed by atoms with van der Waals surface area (Å²) in [6.07, 6.45) is 5.28. The maximum atomic E-state index is 5.95. The first-order valence-corrected chi connectivity index (χ1v) is 7.04. The van der Waals surface area contributed by atoms with E-state index in [1.807, 2.05) is 11.8 Å². The van der Waals surface area contributed by atoms with Gasteiger partial charge in [0.2, 0.25) is 0 Å². The third-order valence-electron chi connectivity index (χ3n) is 3.47. The highest BCUT2D eigenvalue weighted by Crippen LogP contribution is 2.51. The Kier molecular flexibility index (Phi) is 3.93. The molecule has 88 valence electrons. The molecule has 1 saturated carbocycles. The summed E-state index contributed by atoms with van der Waals surface area (Å²) in [6.45, 7) is 3.08. The Balaban J connectivity index is 1.93. The molecule has 0 heterocycles. The zero-order chi connectivity index (χ0) is 11.4. The molecule has 0 aliphatic heterocycles. The Hall–Kier alpha value is -0.470. The zero-order valence-corrected chi connectivity index (χ0v) is 10.8. The minimum absolute atomic E-state index is 0.335. The molecule has 2 heteroatoms. The molecule has 1 nitrogen and oxygen atoms in total.